The monoisotopic (exact) mass is 214 g/mol. The van der Waals surface area contributed by atoms with E-state index in [1.165, 1.54) is 56.8 Å². The van der Waals surface area contributed by atoms with E-state index in [0.29, 0.717) is 0 Å². The lowest BCUT2D eigenvalue weighted by Gasteiger charge is -2.18. The lowest BCUT2D eigenvalue weighted by molar-refractivity contribution is 0.423. The maximum atomic E-state index is 3.75. The molecule has 0 aromatic carbocycles. The lowest BCUT2D eigenvalue weighted by atomic mass is 10.1. The predicted octanol–water partition coefficient (Wildman–Crippen LogP) is 1.47. The molecule has 2 unspecified atom stereocenters. The quantitative estimate of drug-likeness (QED) is 0.744. The van der Waals surface area contributed by atoms with E-state index in [1.54, 1.807) is 0 Å². The van der Waals surface area contributed by atoms with Crippen LogP contribution in [0.5, 0.6) is 0 Å². The maximum absolute atomic E-state index is 3.75. The zero-order valence-electron chi connectivity index (χ0n) is 8.93. The normalized spacial score (nSPS) is 34.3. The van der Waals surface area contributed by atoms with E-state index in [9.17, 15) is 0 Å². The van der Waals surface area contributed by atoms with Crippen LogP contribution in [0.25, 0.3) is 0 Å². The average molecular weight is 214 g/mol. The minimum atomic E-state index is 0.788. The molecule has 2 rings (SSSR count). The summed E-state index contributed by atoms with van der Waals surface area (Å²) < 4.78 is 0. The highest BCUT2D eigenvalue weighted by Gasteiger charge is 2.17. The van der Waals surface area contributed by atoms with E-state index < -0.39 is 0 Å². The van der Waals surface area contributed by atoms with Gasteiger partial charge in [-0.05, 0) is 62.7 Å². The zero-order chi connectivity index (χ0) is 9.64. The van der Waals surface area contributed by atoms with Gasteiger partial charge in [-0.2, -0.15) is 11.8 Å². The SMILES string of the molecule is C1CNCCC(NCC2CCSC2)C1. The van der Waals surface area contributed by atoms with Gasteiger partial charge in [0, 0.05) is 6.04 Å². The third kappa shape index (κ3) is 3.44. The summed E-state index contributed by atoms with van der Waals surface area (Å²) in [6.45, 7) is 3.69. The van der Waals surface area contributed by atoms with Crippen LogP contribution >= 0.6 is 11.8 Å². The minimum absolute atomic E-state index is 0.788. The van der Waals surface area contributed by atoms with Gasteiger partial charge in [-0.25, -0.2) is 0 Å². The Labute approximate surface area is 91.6 Å². The Morgan fingerprint density at radius 1 is 1.21 bits per heavy atom. The molecule has 0 aromatic rings. The van der Waals surface area contributed by atoms with E-state index in [-0.39, 0.29) is 0 Å². The Kier molecular flexibility index (Phi) is 4.61. The van der Waals surface area contributed by atoms with Gasteiger partial charge < -0.3 is 10.6 Å². The number of hydrogen-bond donors (Lipinski definition) is 2. The van der Waals surface area contributed by atoms with Crippen molar-refractivity contribution in [2.24, 2.45) is 5.92 Å². The second-order valence-electron chi connectivity index (χ2n) is 4.52. The molecule has 0 radical (unpaired) electrons. The van der Waals surface area contributed by atoms with Crippen molar-refractivity contribution in [3.05, 3.63) is 0 Å². The van der Waals surface area contributed by atoms with Crippen molar-refractivity contribution < 1.29 is 0 Å². The molecule has 0 saturated carbocycles. The van der Waals surface area contributed by atoms with E-state index >= 15 is 0 Å². The van der Waals surface area contributed by atoms with E-state index in [0.717, 1.165) is 12.0 Å². The van der Waals surface area contributed by atoms with Crippen molar-refractivity contribution in [1.82, 2.24) is 10.6 Å². The molecule has 2 saturated heterocycles. The first-order valence-corrected chi connectivity index (χ1v) is 7.12. The molecule has 0 amide bonds. The van der Waals surface area contributed by atoms with Crippen LogP contribution in [-0.4, -0.2) is 37.2 Å². The molecule has 14 heavy (non-hydrogen) atoms. The van der Waals surface area contributed by atoms with Gasteiger partial charge in [0.05, 0.1) is 0 Å². The molecule has 0 aliphatic carbocycles. The van der Waals surface area contributed by atoms with E-state index in [2.05, 4.69) is 22.4 Å². The molecule has 0 bridgehead atoms. The van der Waals surface area contributed by atoms with Crippen LogP contribution in [0.3, 0.4) is 0 Å². The highest BCUT2D eigenvalue weighted by atomic mass is 32.2. The molecule has 0 aromatic heterocycles. The molecule has 2 nitrogen and oxygen atoms in total. The third-order valence-electron chi connectivity index (χ3n) is 3.29. The van der Waals surface area contributed by atoms with Crippen LogP contribution in [0.1, 0.15) is 25.7 Å². The first-order valence-electron chi connectivity index (χ1n) is 5.97. The molecule has 2 atom stereocenters. The van der Waals surface area contributed by atoms with Crippen LogP contribution in [0, 0.1) is 5.92 Å². The van der Waals surface area contributed by atoms with Crippen molar-refractivity contribution in [3.8, 4) is 0 Å². The summed E-state index contributed by atoms with van der Waals surface area (Å²) in [7, 11) is 0. The Morgan fingerprint density at radius 3 is 3.07 bits per heavy atom. The fourth-order valence-electron chi connectivity index (χ4n) is 2.30. The summed E-state index contributed by atoms with van der Waals surface area (Å²) in [5, 5.41) is 7.21. The maximum Gasteiger partial charge on any atom is 0.00797 e. The lowest BCUT2D eigenvalue weighted by Crippen LogP contribution is -2.34. The smallest absolute Gasteiger partial charge is 0.00797 e. The third-order valence-corrected chi connectivity index (χ3v) is 4.53. The van der Waals surface area contributed by atoms with Gasteiger partial charge in [0.1, 0.15) is 0 Å². The topological polar surface area (TPSA) is 24.1 Å². The molecule has 3 heteroatoms. The molecular formula is C11H22N2S. The first kappa shape index (κ1) is 10.8. The van der Waals surface area contributed by atoms with Gasteiger partial charge in [-0.3, -0.25) is 0 Å². The molecule has 2 aliphatic heterocycles. The predicted molar refractivity (Wildman–Crippen MR) is 63.9 cm³/mol. The Morgan fingerprint density at radius 2 is 2.21 bits per heavy atom. The molecule has 82 valence electrons. The molecule has 2 N–H and O–H groups in total. The Balaban J connectivity index is 1.62. The fraction of sp³-hybridized carbons (Fsp3) is 1.00. The van der Waals surface area contributed by atoms with E-state index in [1.807, 2.05) is 0 Å². The minimum Gasteiger partial charge on any atom is -0.317 e. The molecule has 0 spiro atoms. The summed E-state index contributed by atoms with van der Waals surface area (Å²) in [6.07, 6.45) is 5.46. The van der Waals surface area contributed by atoms with Crippen molar-refractivity contribution in [1.29, 1.82) is 0 Å². The number of nitrogens with one attached hydrogen (secondary N) is 2. The van der Waals surface area contributed by atoms with Crippen molar-refractivity contribution in [2.45, 2.75) is 31.7 Å². The van der Waals surface area contributed by atoms with E-state index in [4.69, 9.17) is 0 Å². The molecule has 2 heterocycles. The van der Waals surface area contributed by atoms with Gasteiger partial charge in [0.2, 0.25) is 0 Å². The summed E-state index contributed by atoms with van der Waals surface area (Å²) in [4.78, 5) is 0. The van der Waals surface area contributed by atoms with Crippen LogP contribution < -0.4 is 10.6 Å². The second kappa shape index (κ2) is 5.99. The van der Waals surface area contributed by atoms with Crippen molar-refractivity contribution >= 4 is 11.8 Å². The Hall–Kier alpha value is 0.270. The summed E-state index contributed by atoms with van der Waals surface area (Å²) >= 11 is 2.12. The molecular weight excluding hydrogens is 192 g/mol. The summed E-state index contributed by atoms with van der Waals surface area (Å²) in [5.41, 5.74) is 0. The van der Waals surface area contributed by atoms with Gasteiger partial charge in [0.25, 0.3) is 0 Å². The Bertz CT molecular complexity index is 149. The summed E-state index contributed by atoms with van der Waals surface area (Å²) in [5.74, 6) is 3.73. The van der Waals surface area contributed by atoms with Gasteiger partial charge >= 0.3 is 0 Å². The van der Waals surface area contributed by atoms with Crippen LogP contribution in [0.4, 0.5) is 0 Å². The van der Waals surface area contributed by atoms with Crippen LogP contribution in [-0.2, 0) is 0 Å². The first-order chi connectivity index (χ1) is 6.95. The summed E-state index contributed by atoms with van der Waals surface area (Å²) in [6, 6.07) is 0.788. The van der Waals surface area contributed by atoms with Gasteiger partial charge in [0.15, 0.2) is 0 Å². The van der Waals surface area contributed by atoms with Crippen LogP contribution in [0.15, 0.2) is 0 Å². The molecule has 2 fully saturated rings. The highest BCUT2D eigenvalue weighted by molar-refractivity contribution is 7.99. The highest BCUT2D eigenvalue weighted by Crippen LogP contribution is 2.22. The van der Waals surface area contributed by atoms with Crippen LogP contribution in [0.2, 0.25) is 0 Å². The fourth-order valence-corrected chi connectivity index (χ4v) is 3.59. The average Bonchev–Trinajstić information content (AvgIpc) is 2.58. The van der Waals surface area contributed by atoms with Crippen molar-refractivity contribution in [3.63, 3.8) is 0 Å². The van der Waals surface area contributed by atoms with Gasteiger partial charge in [-0.1, -0.05) is 0 Å². The standard InChI is InChI=1S/C11H22N2S/c1-2-11(3-6-12-5-1)13-8-10-4-7-14-9-10/h10-13H,1-9H2. The second-order valence-corrected chi connectivity index (χ2v) is 5.67. The zero-order valence-corrected chi connectivity index (χ0v) is 9.74. The number of rotatable bonds is 3. The van der Waals surface area contributed by atoms with Gasteiger partial charge in [-0.15, -0.1) is 0 Å². The number of hydrogen-bond acceptors (Lipinski definition) is 3. The number of thioether (sulfide) groups is 1. The largest absolute Gasteiger partial charge is 0.317 e. The van der Waals surface area contributed by atoms with Crippen molar-refractivity contribution in [2.75, 3.05) is 31.1 Å². The molecule has 2 aliphatic rings.